The van der Waals surface area contributed by atoms with Crippen molar-refractivity contribution in [1.29, 1.82) is 0 Å². The second-order valence-corrected chi connectivity index (χ2v) is 4.46. The largest absolute Gasteiger partial charge is 0.494 e. The lowest BCUT2D eigenvalue weighted by atomic mass is 10.1. The fourth-order valence-corrected chi connectivity index (χ4v) is 2.01. The molecule has 2 aromatic carbocycles. The minimum Gasteiger partial charge on any atom is -0.494 e. The highest BCUT2D eigenvalue weighted by atomic mass is 16.5. The minimum absolute atomic E-state index is 0.687. The third-order valence-electron chi connectivity index (χ3n) is 3.06. The van der Waals surface area contributed by atoms with Crippen LogP contribution in [0.15, 0.2) is 47.5 Å². The Bertz CT molecular complexity index is 581. The number of hydrogen-bond donors (Lipinski definition) is 2. The predicted octanol–water partition coefficient (Wildman–Crippen LogP) is 2.40. The Morgan fingerprint density at radius 3 is 2.70 bits per heavy atom. The number of nitrogens with zero attached hydrogens (tertiary/aromatic N) is 1. The molecule has 106 valence electrons. The van der Waals surface area contributed by atoms with Crippen LogP contribution in [0.2, 0.25) is 0 Å². The maximum Gasteiger partial charge on any atom is 0.190 e. The summed E-state index contributed by atoms with van der Waals surface area (Å²) in [5, 5.41) is 8.62. The lowest BCUT2D eigenvalue weighted by Crippen LogP contribution is -2.35. The summed E-state index contributed by atoms with van der Waals surface area (Å²) in [7, 11) is 3.60. The average molecular weight is 271 g/mol. The number of nitrogens with one attached hydrogen (secondary N) is 2. The van der Waals surface area contributed by atoms with E-state index in [1.54, 1.807) is 7.05 Å². The van der Waals surface area contributed by atoms with Crippen molar-refractivity contribution in [3.8, 4) is 5.75 Å². The van der Waals surface area contributed by atoms with Gasteiger partial charge in [0, 0.05) is 20.6 Å². The van der Waals surface area contributed by atoms with Gasteiger partial charge in [-0.1, -0.05) is 30.3 Å². The van der Waals surface area contributed by atoms with Crippen LogP contribution in [0.1, 0.15) is 6.42 Å². The molecule has 0 aliphatic carbocycles. The first kappa shape index (κ1) is 14.2. The van der Waals surface area contributed by atoms with Gasteiger partial charge in [0.2, 0.25) is 0 Å². The van der Waals surface area contributed by atoms with Crippen molar-refractivity contribution in [2.24, 2.45) is 4.99 Å². The molecule has 2 aromatic rings. The summed E-state index contributed by atoms with van der Waals surface area (Å²) in [5.41, 5.74) is 0. The zero-order valence-corrected chi connectivity index (χ0v) is 12.0. The monoisotopic (exact) mass is 271 g/mol. The molecule has 0 bridgehead atoms. The van der Waals surface area contributed by atoms with E-state index in [2.05, 4.69) is 39.9 Å². The molecule has 0 saturated carbocycles. The molecule has 0 aromatic heterocycles. The van der Waals surface area contributed by atoms with Gasteiger partial charge in [0.15, 0.2) is 5.96 Å². The molecule has 0 radical (unpaired) electrons. The van der Waals surface area contributed by atoms with Crippen molar-refractivity contribution in [3.05, 3.63) is 42.5 Å². The summed E-state index contributed by atoms with van der Waals surface area (Å²) in [6, 6.07) is 14.5. The van der Waals surface area contributed by atoms with Gasteiger partial charge in [0.1, 0.15) is 5.75 Å². The van der Waals surface area contributed by atoms with Gasteiger partial charge >= 0.3 is 0 Å². The van der Waals surface area contributed by atoms with Crippen LogP contribution in [0, 0.1) is 0 Å². The second kappa shape index (κ2) is 7.38. The van der Waals surface area contributed by atoms with Crippen LogP contribution in [0.5, 0.6) is 5.75 Å². The fraction of sp³-hybridized carbons (Fsp3) is 0.312. The van der Waals surface area contributed by atoms with Crippen LogP contribution in [0.4, 0.5) is 0 Å². The molecule has 0 fully saturated rings. The topological polar surface area (TPSA) is 45.7 Å². The number of benzene rings is 2. The van der Waals surface area contributed by atoms with Crippen LogP contribution in [0.3, 0.4) is 0 Å². The summed E-state index contributed by atoms with van der Waals surface area (Å²) in [5.74, 6) is 1.72. The molecule has 4 nitrogen and oxygen atoms in total. The minimum atomic E-state index is 0.687. The number of guanidine groups is 1. The van der Waals surface area contributed by atoms with E-state index >= 15 is 0 Å². The fourth-order valence-electron chi connectivity index (χ4n) is 2.01. The summed E-state index contributed by atoms with van der Waals surface area (Å²) in [4.78, 5) is 4.05. The molecule has 0 spiro atoms. The zero-order valence-electron chi connectivity index (χ0n) is 12.0. The number of aliphatic imine (C=N–C) groups is 1. The molecular formula is C16H21N3O. The highest BCUT2D eigenvalue weighted by molar-refractivity contribution is 5.83. The van der Waals surface area contributed by atoms with Crippen molar-refractivity contribution in [1.82, 2.24) is 10.6 Å². The molecule has 20 heavy (non-hydrogen) atoms. The molecule has 0 heterocycles. The summed E-state index contributed by atoms with van der Waals surface area (Å²) < 4.78 is 5.76. The van der Waals surface area contributed by atoms with Gasteiger partial charge in [-0.15, -0.1) is 0 Å². The molecule has 2 N–H and O–H groups in total. The Hall–Kier alpha value is -2.23. The van der Waals surface area contributed by atoms with E-state index < -0.39 is 0 Å². The van der Waals surface area contributed by atoms with E-state index in [9.17, 15) is 0 Å². The second-order valence-electron chi connectivity index (χ2n) is 4.46. The third-order valence-corrected chi connectivity index (χ3v) is 3.06. The smallest absolute Gasteiger partial charge is 0.190 e. The molecule has 0 unspecified atom stereocenters. The number of ether oxygens (including phenoxy) is 1. The van der Waals surface area contributed by atoms with E-state index in [0.29, 0.717) is 6.61 Å². The number of hydrogen-bond acceptors (Lipinski definition) is 2. The Balaban J connectivity index is 1.78. The summed E-state index contributed by atoms with van der Waals surface area (Å²) in [6.07, 6.45) is 0.924. The third kappa shape index (κ3) is 3.88. The maximum absolute atomic E-state index is 5.76. The molecule has 0 atom stereocenters. The van der Waals surface area contributed by atoms with E-state index in [4.69, 9.17) is 4.74 Å². The summed E-state index contributed by atoms with van der Waals surface area (Å²) in [6.45, 7) is 1.52. The van der Waals surface area contributed by atoms with Crippen molar-refractivity contribution in [2.45, 2.75) is 6.42 Å². The lowest BCUT2D eigenvalue weighted by molar-refractivity contribution is 0.311. The van der Waals surface area contributed by atoms with Crippen molar-refractivity contribution in [2.75, 3.05) is 27.2 Å². The van der Waals surface area contributed by atoms with Gasteiger partial charge in [-0.3, -0.25) is 4.99 Å². The van der Waals surface area contributed by atoms with Crippen LogP contribution >= 0.6 is 0 Å². The lowest BCUT2D eigenvalue weighted by Gasteiger charge is -2.10. The average Bonchev–Trinajstić information content (AvgIpc) is 2.51. The van der Waals surface area contributed by atoms with Crippen molar-refractivity contribution in [3.63, 3.8) is 0 Å². The molecule has 0 aliphatic heterocycles. The number of fused-ring (bicyclic) bond motifs is 1. The highest BCUT2D eigenvalue weighted by Gasteiger charge is 1.97. The van der Waals surface area contributed by atoms with Crippen LogP contribution in [-0.2, 0) is 0 Å². The Morgan fingerprint density at radius 1 is 1.15 bits per heavy atom. The highest BCUT2D eigenvalue weighted by Crippen LogP contribution is 2.20. The van der Waals surface area contributed by atoms with Crippen molar-refractivity contribution >= 4 is 16.7 Å². The van der Waals surface area contributed by atoms with Gasteiger partial charge < -0.3 is 15.4 Å². The van der Waals surface area contributed by atoms with E-state index in [0.717, 1.165) is 24.7 Å². The van der Waals surface area contributed by atoms with E-state index in [1.165, 1.54) is 10.8 Å². The van der Waals surface area contributed by atoms with E-state index in [1.807, 2.05) is 25.2 Å². The van der Waals surface area contributed by atoms with Gasteiger partial charge in [-0.25, -0.2) is 0 Å². The first-order chi connectivity index (χ1) is 9.83. The molecule has 0 saturated heterocycles. The SMILES string of the molecule is CN=C(NC)NCCCOc1ccc2ccccc2c1. The van der Waals surface area contributed by atoms with Crippen LogP contribution in [-0.4, -0.2) is 33.2 Å². The Labute approximate surface area is 119 Å². The molecule has 0 aliphatic rings. The quantitative estimate of drug-likeness (QED) is 0.499. The Morgan fingerprint density at radius 2 is 1.95 bits per heavy atom. The predicted molar refractivity (Wildman–Crippen MR) is 84.5 cm³/mol. The Kier molecular flexibility index (Phi) is 5.24. The molecule has 4 heteroatoms. The van der Waals surface area contributed by atoms with Gasteiger partial charge in [-0.05, 0) is 29.3 Å². The maximum atomic E-state index is 5.76. The molecule has 0 amide bonds. The van der Waals surface area contributed by atoms with Gasteiger partial charge in [0.05, 0.1) is 6.61 Å². The van der Waals surface area contributed by atoms with Crippen LogP contribution < -0.4 is 15.4 Å². The normalized spacial score (nSPS) is 11.4. The first-order valence-electron chi connectivity index (χ1n) is 6.83. The first-order valence-corrected chi connectivity index (χ1v) is 6.83. The van der Waals surface area contributed by atoms with Gasteiger partial charge in [0.25, 0.3) is 0 Å². The van der Waals surface area contributed by atoms with E-state index in [-0.39, 0.29) is 0 Å². The number of rotatable bonds is 5. The zero-order chi connectivity index (χ0) is 14.2. The standard InChI is InChI=1S/C16H21N3O/c1-17-16(18-2)19-10-5-11-20-15-9-8-13-6-3-4-7-14(13)12-15/h3-4,6-9,12H,5,10-11H2,1-2H3,(H2,17,18,19). The molecule has 2 rings (SSSR count). The van der Waals surface area contributed by atoms with Crippen LogP contribution in [0.25, 0.3) is 10.8 Å². The summed E-state index contributed by atoms with van der Waals surface area (Å²) >= 11 is 0. The van der Waals surface area contributed by atoms with Crippen molar-refractivity contribution < 1.29 is 4.74 Å². The molecular weight excluding hydrogens is 250 g/mol. The van der Waals surface area contributed by atoms with Gasteiger partial charge in [-0.2, -0.15) is 0 Å².